The average Bonchev–Trinajstić information content (AvgIpc) is 2.40. The van der Waals surface area contributed by atoms with Gasteiger partial charge in [-0.2, -0.15) is 4.98 Å². The van der Waals surface area contributed by atoms with Gasteiger partial charge in [-0.05, 0) is 13.0 Å². The molecule has 0 radical (unpaired) electrons. The van der Waals surface area contributed by atoms with Crippen molar-refractivity contribution in [3.8, 4) is 11.6 Å². The van der Waals surface area contributed by atoms with Gasteiger partial charge in [0, 0.05) is 17.5 Å². The molecule has 104 valence electrons. The summed E-state index contributed by atoms with van der Waals surface area (Å²) < 4.78 is 5.85. The Morgan fingerprint density at radius 3 is 2.65 bits per heavy atom. The van der Waals surface area contributed by atoms with E-state index in [4.69, 9.17) is 10.5 Å². The van der Waals surface area contributed by atoms with Crippen LogP contribution in [0.5, 0.6) is 11.6 Å². The van der Waals surface area contributed by atoms with Gasteiger partial charge in [-0.15, -0.1) is 0 Å². The maximum absolute atomic E-state index is 5.85. The van der Waals surface area contributed by atoms with Crippen LogP contribution in [0.25, 0.3) is 6.08 Å². The van der Waals surface area contributed by atoms with Crippen molar-refractivity contribution in [2.24, 2.45) is 0 Å². The van der Waals surface area contributed by atoms with Gasteiger partial charge in [0.1, 0.15) is 17.4 Å². The third kappa shape index (κ3) is 3.35. The van der Waals surface area contributed by atoms with Crippen LogP contribution in [0.2, 0.25) is 0 Å². The highest BCUT2D eigenvalue weighted by atomic mass is 16.5. The van der Waals surface area contributed by atoms with Gasteiger partial charge in [-0.25, -0.2) is 4.98 Å². The summed E-state index contributed by atoms with van der Waals surface area (Å²) in [6.45, 7) is 6.01. The number of benzene rings is 1. The Bertz CT molecular complexity index is 621. The van der Waals surface area contributed by atoms with Gasteiger partial charge in [-0.3, -0.25) is 0 Å². The molecule has 0 aliphatic carbocycles. The number of ether oxygens (including phenoxy) is 1. The van der Waals surface area contributed by atoms with Crippen molar-refractivity contribution >= 4 is 11.9 Å². The summed E-state index contributed by atoms with van der Waals surface area (Å²) in [7, 11) is 0. The number of aromatic nitrogens is 2. The fraction of sp³-hybridized carbons (Fsp3) is 0.250. The van der Waals surface area contributed by atoms with Crippen LogP contribution in [-0.2, 0) is 0 Å². The molecule has 0 unspecified atom stereocenters. The molecule has 0 aliphatic rings. The van der Waals surface area contributed by atoms with Crippen LogP contribution in [0, 0.1) is 0 Å². The maximum atomic E-state index is 5.85. The molecule has 1 aromatic heterocycles. The zero-order chi connectivity index (χ0) is 14.5. The second-order valence-electron chi connectivity index (χ2n) is 4.78. The van der Waals surface area contributed by atoms with E-state index in [-0.39, 0.29) is 5.92 Å². The molecule has 0 bridgehead atoms. The smallest absolute Gasteiger partial charge is 0.224 e. The molecular formula is C16H19N3O. The number of allylic oxidation sites excluding steroid dienone is 1. The van der Waals surface area contributed by atoms with Crippen LogP contribution in [0.4, 0.5) is 5.82 Å². The zero-order valence-corrected chi connectivity index (χ0v) is 12.0. The maximum Gasteiger partial charge on any atom is 0.224 e. The predicted octanol–water partition coefficient (Wildman–Crippen LogP) is 4.01. The molecule has 0 saturated carbocycles. The third-order valence-electron chi connectivity index (χ3n) is 2.74. The van der Waals surface area contributed by atoms with Crippen LogP contribution in [0.1, 0.15) is 38.1 Å². The standard InChI is InChI=1S/C16H19N3O/c1-4-7-12-8-5-6-9-13(12)20-15-10-14(17)18-16(19-15)11(2)3/h4-11H,1-3H3,(H2,17,18,19)/b7-4+. The van der Waals surface area contributed by atoms with Crippen LogP contribution in [0.3, 0.4) is 0 Å². The molecule has 2 aromatic rings. The van der Waals surface area contributed by atoms with Crippen LogP contribution >= 0.6 is 0 Å². The highest BCUT2D eigenvalue weighted by Crippen LogP contribution is 2.26. The van der Waals surface area contributed by atoms with Crippen molar-refractivity contribution in [2.45, 2.75) is 26.7 Å². The fourth-order valence-corrected chi connectivity index (χ4v) is 1.78. The summed E-state index contributed by atoms with van der Waals surface area (Å²) in [5.41, 5.74) is 6.80. The minimum absolute atomic E-state index is 0.201. The molecule has 1 heterocycles. The summed E-state index contributed by atoms with van der Waals surface area (Å²) in [4.78, 5) is 8.60. The number of rotatable bonds is 4. The Kier molecular flexibility index (Phi) is 4.35. The Balaban J connectivity index is 2.35. The molecule has 0 spiro atoms. The molecule has 4 heteroatoms. The van der Waals surface area contributed by atoms with Gasteiger partial charge in [-0.1, -0.05) is 44.2 Å². The lowest BCUT2D eigenvalue weighted by atomic mass is 10.2. The first-order valence-electron chi connectivity index (χ1n) is 6.64. The molecule has 2 N–H and O–H groups in total. The van der Waals surface area contributed by atoms with E-state index in [0.29, 0.717) is 17.5 Å². The number of nitrogens with zero attached hydrogens (tertiary/aromatic N) is 2. The van der Waals surface area contributed by atoms with Crippen LogP contribution < -0.4 is 10.5 Å². The van der Waals surface area contributed by atoms with Gasteiger partial charge in [0.2, 0.25) is 5.88 Å². The lowest BCUT2D eigenvalue weighted by Crippen LogP contribution is -2.03. The van der Waals surface area contributed by atoms with E-state index in [1.807, 2.05) is 57.2 Å². The molecule has 1 aromatic carbocycles. The molecule has 0 amide bonds. The SMILES string of the molecule is C/C=C/c1ccccc1Oc1cc(N)nc(C(C)C)n1. The van der Waals surface area contributed by atoms with E-state index in [2.05, 4.69) is 9.97 Å². The van der Waals surface area contributed by atoms with Gasteiger partial charge < -0.3 is 10.5 Å². The van der Waals surface area contributed by atoms with Gasteiger partial charge >= 0.3 is 0 Å². The highest BCUT2D eigenvalue weighted by Gasteiger charge is 2.09. The molecule has 2 rings (SSSR count). The zero-order valence-electron chi connectivity index (χ0n) is 12.0. The Hall–Kier alpha value is -2.36. The first-order chi connectivity index (χ1) is 9.60. The number of nitrogen functional groups attached to an aromatic ring is 1. The van der Waals surface area contributed by atoms with E-state index in [0.717, 1.165) is 11.3 Å². The normalized spacial score (nSPS) is 11.2. The first kappa shape index (κ1) is 14.1. The van der Waals surface area contributed by atoms with Gasteiger partial charge in [0.25, 0.3) is 0 Å². The minimum atomic E-state index is 0.201. The number of nitrogens with two attached hydrogens (primary N) is 1. The Labute approximate surface area is 119 Å². The summed E-state index contributed by atoms with van der Waals surface area (Å²) in [5.74, 6) is 2.52. The van der Waals surface area contributed by atoms with Crippen molar-refractivity contribution in [2.75, 3.05) is 5.73 Å². The summed E-state index contributed by atoms with van der Waals surface area (Å²) in [6, 6.07) is 9.43. The second kappa shape index (κ2) is 6.19. The van der Waals surface area contributed by atoms with Crippen LogP contribution in [0.15, 0.2) is 36.4 Å². The van der Waals surface area contributed by atoms with Crippen molar-refractivity contribution in [3.05, 3.63) is 47.8 Å². The summed E-state index contributed by atoms with van der Waals surface area (Å²) in [6.07, 6.45) is 3.96. The Morgan fingerprint density at radius 1 is 1.20 bits per heavy atom. The quantitative estimate of drug-likeness (QED) is 0.911. The van der Waals surface area contributed by atoms with Crippen molar-refractivity contribution in [1.82, 2.24) is 9.97 Å². The summed E-state index contributed by atoms with van der Waals surface area (Å²) >= 11 is 0. The first-order valence-corrected chi connectivity index (χ1v) is 6.64. The Morgan fingerprint density at radius 2 is 1.95 bits per heavy atom. The molecule has 20 heavy (non-hydrogen) atoms. The lowest BCUT2D eigenvalue weighted by Gasteiger charge is -2.11. The van der Waals surface area contributed by atoms with Crippen molar-refractivity contribution in [1.29, 1.82) is 0 Å². The number of anilines is 1. The predicted molar refractivity (Wildman–Crippen MR) is 81.8 cm³/mol. The van der Waals surface area contributed by atoms with Gasteiger partial charge in [0.15, 0.2) is 0 Å². The van der Waals surface area contributed by atoms with Crippen LogP contribution in [-0.4, -0.2) is 9.97 Å². The molecule has 0 saturated heterocycles. The molecule has 4 nitrogen and oxygen atoms in total. The van der Waals surface area contributed by atoms with E-state index in [9.17, 15) is 0 Å². The van der Waals surface area contributed by atoms with E-state index in [1.54, 1.807) is 6.07 Å². The summed E-state index contributed by atoms with van der Waals surface area (Å²) in [5, 5.41) is 0. The van der Waals surface area contributed by atoms with Crippen molar-refractivity contribution < 1.29 is 4.74 Å². The monoisotopic (exact) mass is 269 g/mol. The largest absolute Gasteiger partial charge is 0.438 e. The van der Waals surface area contributed by atoms with E-state index < -0.39 is 0 Å². The second-order valence-corrected chi connectivity index (χ2v) is 4.78. The molecule has 0 aliphatic heterocycles. The molecule has 0 atom stereocenters. The molecular weight excluding hydrogens is 250 g/mol. The number of hydrogen-bond donors (Lipinski definition) is 1. The number of para-hydroxylation sites is 1. The third-order valence-corrected chi connectivity index (χ3v) is 2.74. The van der Waals surface area contributed by atoms with E-state index >= 15 is 0 Å². The van der Waals surface area contributed by atoms with E-state index in [1.165, 1.54) is 0 Å². The average molecular weight is 269 g/mol. The minimum Gasteiger partial charge on any atom is -0.438 e. The fourth-order valence-electron chi connectivity index (χ4n) is 1.78. The van der Waals surface area contributed by atoms with Gasteiger partial charge in [0.05, 0.1) is 0 Å². The lowest BCUT2D eigenvalue weighted by molar-refractivity contribution is 0.456. The van der Waals surface area contributed by atoms with Crippen molar-refractivity contribution in [3.63, 3.8) is 0 Å². The molecule has 0 fully saturated rings. The number of hydrogen-bond acceptors (Lipinski definition) is 4. The highest BCUT2D eigenvalue weighted by molar-refractivity contribution is 5.57. The topological polar surface area (TPSA) is 61.0 Å².